The smallest absolute Gasteiger partial charge is 0.252 e. The van der Waals surface area contributed by atoms with Crippen LogP contribution in [0.5, 0.6) is 0 Å². The van der Waals surface area contributed by atoms with Gasteiger partial charge >= 0.3 is 0 Å². The van der Waals surface area contributed by atoms with Crippen molar-refractivity contribution in [2.75, 3.05) is 26.2 Å². The zero-order valence-electron chi connectivity index (χ0n) is 18.6. The Balaban J connectivity index is 1.51. The Kier molecular flexibility index (Phi) is 7.23. The molecule has 2 amide bonds. The second kappa shape index (κ2) is 10.3. The Labute approximate surface area is 202 Å². The van der Waals surface area contributed by atoms with Gasteiger partial charge in [-0.15, -0.1) is 0 Å². The van der Waals surface area contributed by atoms with E-state index in [4.69, 9.17) is 0 Å². The summed E-state index contributed by atoms with van der Waals surface area (Å²) in [4.78, 5) is 26.6. The maximum atomic E-state index is 14.1. The molecule has 0 saturated carbocycles. The van der Waals surface area contributed by atoms with E-state index in [-0.39, 0.29) is 26.2 Å². The Morgan fingerprint density at radius 2 is 1.31 bits per heavy atom. The highest BCUT2D eigenvalue weighted by Crippen LogP contribution is 2.25. The largest absolute Gasteiger partial charge is 0.338 e. The molecule has 1 heterocycles. The maximum Gasteiger partial charge on any atom is 0.252 e. The predicted octanol–water partition coefficient (Wildman–Crippen LogP) is 2.97. The van der Waals surface area contributed by atoms with Crippen LogP contribution in [-0.2, 0) is 14.8 Å². The van der Waals surface area contributed by atoms with Crippen LogP contribution in [0, 0.1) is 11.6 Å². The molecule has 1 saturated heterocycles. The van der Waals surface area contributed by atoms with Crippen LogP contribution in [0.25, 0.3) is 0 Å². The van der Waals surface area contributed by atoms with Crippen molar-refractivity contribution in [2.45, 2.75) is 10.9 Å². The molecule has 1 N–H and O–H groups in total. The molecule has 4 rings (SSSR count). The first kappa shape index (κ1) is 24.5. The van der Waals surface area contributed by atoms with Crippen molar-refractivity contribution in [3.8, 4) is 0 Å². The third kappa shape index (κ3) is 5.23. The van der Waals surface area contributed by atoms with Crippen molar-refractivity contribution < 1.29 is 26.8 Å². The lowest BCUT2D eigenvalue weighted by Crippen LogP contribution is -2.53. The van der Waals surface area contributed by atoms with E-state index >= 15 is 0 Å². The van der Waals surface area contributed by atoms with Crippen LogP contribution >= 0.6 is 0 Å². The van der Waals surface area contributed by atoms with Gasteiger partial charge in [0.15, 0.2) is 4.90 Å². The van der Waals surface area contributed by atoms with Gasteiger partial charge in [-0.25, -0.2) is 17.2 Å². The molecule has 0 aliphatic carbocycles. The average Bonchev–Trinajstić information content (AvgIpc) is 2.87. The van der Waals surface area contributed by atoms with E-state index < -0.39 is 44.4 Å². The number of hydrogen-bond donors (Lipinski definition) is 1. The van der Waals surface area contributed by atoms with Gasteiger partial charge in [0.1, 0.15) is 17.7 Å². The summed E-state index contributed by atoms with van der Waals surface area (Å²) in [5, 5.41) is 2.77. The number of piperazine rings is 1. The minimum Gasteiger partial charge on any atom is -0.338 e. The monoisotopic (exact) mass is 499 g/mol. The van der Waals surface area contributed by atoms with Crippen LogP contribution in [0.1, 0.15) is 22.0 Å². The van der Waals surface area contributed by atoms with Gasteiger partial charge in [-0.3, -0.25) is 9.59 Å². The van der Waals surface area contributed by atoms with E-state index in [2.05, 4.69) is 5.32 Å². The van der Waals surface area contributed by atoms with E-state index in [1.807, 2.05) is 0 Å². The fourth-order valence-corrected chi connectivity index (χ4v) is 5.46. The Morgan fingerprint density at radius 1 is 0.771 bits per heavy atom. The summed E-state index contributed by atoms with van der Waals surface area (Å²) in [6.45, 7) is -0.288. The van der Waals surface area contributed by atoms with Crippen LogP contribution in [0.3, 0.4) is 0 Å². The third-order valence-corrected chi connectivity index (χ3v) is 7.71. The van der Waals surface area contributed by atoms with Gasteiger partial charge in [-0.2, -0.15) is 4.31 Å². The summed E-state index contributed by atoms with van der Waals surface area (Å²) >= 11 is 0. The molecular formula is C25H23F2N3O4S. The molecule has 35 heavy (non-hydrogen) atoms. The minimum absolute atomic E-state index is 0.00131. The van der Waals surface area contributed by atoms with Crippen LogP contribution in [0.2, 0.25) is 0 Å². The lowest BCUT2D eigenvalue weighted by molar-refractivity contribution is -0.134. The highest BCUT2D eigenvalue weighted by atomic mass is 32.2. The van der Waals surface area contributed by atoms with Gasteiger partial charge in [0.25, 0.3) is 5.91 Å². The van der Waals surface area contributed by atoms with Crippen molar-refractivity contribution in [1.29, 1.82) is 0 Å². The second-order valence-corrected chi connectivity index (χ2v) is 9.84. The Bertz CT molecular complexity index is 1290. The molecule has 0 bridgehead atoms. The maximum absolute atomic E-state index is 14.1. The minimum atomic E-state index is -4.42. The molecule has 1 aliphatic rings. The number of benzene rings is 3. The zero-order valence-corrected chi connectivity index (χ0v) is 19.4. The molecule has 3 aromatic carbocycles. The number of sulfonamides is 1. The topological polar surface area (TPSA) is 86.8 Å². The van der Waals surface area contributed by atoms with E-state index in [0.29, 0.717) is 11.1 Å². The van der Waals surface area contributed by atoms with Crippen molar-refractivity contribution in [3.63, 3.8) is 0 Å². The fourth-order valence-electron chi connectivity index (χ4n) is 3.93. The molecule has 0 radical (unpaired) electrons. The average molecular weight is 500 g/mol. The van der Waals surface area contributed by atoms with Crippen molar-refractivity contribution in [3.05, 3.63) is 102 Å². The van der Waals surface area contributed by atoms with Gasteiger partial charge in [0.2, 0.25) is 15.9 Å². The quantitative estimate of drug-likeness (QED) is 0.565. The number of nitrogens with zero attached hydrogens (tertiary/aromatic N) is 2. The number of hydrogen-bond acceptors (Lipinski definition) is 4. The molecule has 10 heteroatoms. The summed E-state index contributed by atoms with van der Waals surface area (Å²) < 4.78 is 54.9. The lowest BCUT2D eigenvalue weighted by atomic mass is 10.0. The van der Waals surface area contributed by atoms with Gasteiger partial charge in [-0.05, 0) is 29.8 Å². The van der Waals surface area contributed by atoms with E-state index in [1.54, 1.807) is 60.7 Å². The van der Waals surface area contributed by atoms with Crippen LogP contribution in [0.4, 0.5) is 8.78 Å². The predicted molar refractivity (Wildman–Crippen MR) is 125 cm³/mol. The number of halogens is 2. The van der Waals surface area contributed by atoms with Crippen molar-refractivity contribution in [2.24, 2.45) is 0 Å². The normalized spacial score (nSPS) is 15.4. The van der Waals surface area contributed by atoms with E-state index in [9.17, 15) is 26.8 Å². The lowest BCUT2D eigenvalue weighted by Gasteiger charge is -2.36. The molecule has 1 fully saturated rings. The van der Waals surface area contributed by atoms with Crippen molar-refractivity contribution >= 4 is 21.8 Å². The number of carbonyl (C=O) groups excluding carboxylic acids is 2. The molecular weight excluding hydrogens is 476 g/mol. The SMILES string of the molecule is O=C(N[C@@H](C(=O)N1CCN(S(=O)(=O)c2c(F)cccc2F)CC1)c1ccccc1)c1ccccc1. The number of nitrogens with one attached hydrogen (secondary N) is 1. The van der Waals surface area contributed by atoms with E-state index in [0.717, 1.165) is 22.5 Å². The van der Waals surface area contributed by atoms with E-state index in [1.165, 1.54) is 4.90 Å². The first-order chi connectivity index (χ1) is 16.8. The summed E-state index contributed by atoms with van der Waals surface area (Å²) in [6.07, 6.45) is 0. The zero-order chi connectivity index (χ0) is 25.0. The third-order valence-electron chi connectivity index (χ3n) is 5.76. The summed E-state index contributed by atoms with van der Waals surface area (Å²) in [7, 11) is -4.42. The van der Waals surface area contributed by atoms with Gasteiger partial charge < -0.3 is 10.2 Å². The van der Waals surface area contributed by atoms with Gasteiger partial charge in [0, 0.05) is 31.7 Å². The fraction of sp³-hybridized carbons (Fsp3) is 0.200. The van der Waals surface area contributed by atoms with Gasteiger partial charge in [0.05, 0.1) is 0 Å². The van der Waals surface area contributed by atoms with Crippen LogP contribution < -0.4 is 5.32 Å². The molecule has 1 aliphatic heterocycles. The number of rotatable bonds is 6. The van der Waals surface area contributed by atoms with Gasteiger partial charge in [-0.1, -0.05) is 54.6 Å². The molecule has 182 valence electrons. The standard InChI is InChI=1S/C25H23F2N3O4S/c26-20-12-7-13-21(27)23(20)35(33,34)30-16-14-29(15-17-30)25(32)22(18-8-3-1-4-9-18)28-24(31)19-10-5-2-6-11-19/h1-13,22H,14-17H2,(H,28,31)/t22-/m1/s1. The molecule has 3 aromatic rings. The molecule has 0 aromatic heterocycles. The van der Waals surface area contributed by atoms with Crippen molar-refractivity contribution in [1.82, 2.24) is 14.5 Å². The Hall–Kier alpha value is -3.63. The van der Waals surface area contributed by atoms with Crippen LogP contribution in [0.15, 0.2) is 83.8 Å². The highest BCUT2D eigenvalue weighted by Gasteiger charge is 2.36. The summed E-state index contributed by atoms with van der Waals surface area (Å²) in [6, 6.07) is 19.1. The molecule has 1 atom stereocenters. The highest BCUT2D eigenvalue weighted by molar-refractivity contribution is 7.89. The molecule has 7 nitrogen and oxygen atoms in total. The first-order valence-electron chi connectivity index (χ1n) is 10.9. The Morgan fingerprint density at radius 3 is 1.89 bits per heavy atom. The van der Waals surface area contributed by atoms with Crippen LogP contribution in [-0.4, -0.2) is 55.6 Å². The first-order valence-corrected chi connectivity index (χ1v) is 12.4. The summed E-state index contributed by atoms with van der Waals surface area (Å²) in [5.74, 6) is -3.17. The number of carbonyl (C=O) groups is 2. The summed E-state index contributed by atoms with van der Waals surface area (Å²) in [5.41, 5.74) is 0.967. The number of amides is 2. The molecule has 0 unspecified atom stereocenters. The molecule has 0 spiro atoms. The second-order valence-electron chi connectivity index (χ2n) is 7.96.